The molecule has 3 rings (SSSR count). The van der Waals surface area contributed by atoms with Crippen molar-refractivity contribution in [2.24, 2.45) is 0 Å². The SMILES string of the molecule is Cc1ccc(C(=O)OC(C)C(=O)Nc2ccccc2-c2ccccc2)c(O)c1O. The highest BCUT2D eigenvalue weighted by atomic mass is 16.5. The molecule has 0 radical (unpaired) electrons. The number of hydrogen-bond donors (Lipinski definition) is 3. The Balaban J connectivity index is 1.74. The number of amides is 1. The van der Waals surface area contributed by atoms with Crippen LogP contribution >= 0.6 is 0 Å². The summed E-state index contributed by atoms with van der Waals surface area (Å²) in [5, 5.41) is 22.5. The molecule has 3 aromatic rings. The summed E-state index contributed by atoms with van der Waals surface area (Å²) >= 11 is 0. The number of hydrogen-bond acceptors (Lipinski definition) is 5. The summed E-state index contributed by atoms with van der Waals surface area (Å²) in [6.45, 7) is 3.02. The Hall–Kier alpha value is -3.80. The zero-order valence-electron chi connectivity index (χ0n) is 16.0. The van der Waals surface area contributed by atoms with Gasteiger partial charge in [0.25, 0.3) is 5.91 Å². The Kier molecular flexibility index (Phi) is 5.83. The van der Waals surface area contributed by atoms with E-state index in [0.29, 0.717) is 11.3 Å². The van der Waals surface area contributed by atoms with Crippen LogP contribution in [0.15, 0.2) is 66.7 Å². The Labute approximate surface area is 168 Å². The fraction of sp³-hybridized carbons (Fsp3) is 0.130. The van der Waals surface area contributed by atoms with Crippen LogP contribution in [0.4, 0.5) is 5.69 Å². The van der Waals surface area contributed by atoms with Crippen LogP contribution in [0.3, 0.4) is 0 Å². The Morgan fingerprint density at radius 2 is 1.55 bits per heavy atom. The van der Waals surface area contributed by atoms with E-state index >= 15 is 0 Å². The fourth-order valence-corrected chi connectivity index (χ4v) is 2.82. The van der Waals surface area contributed by atoms with Crippen LogP contribution < -0.4 is 5.32 Å². The molecule has 0 aliphatic rings. The van der Waals surface area contributed by atoms with Crippen LogP contribution in [-0.4, -0.2) is 28.2 Å². The number of aryl methyl sites for hydroxylation is 1. The van der Waals surface area contributed by atoms with Crippen LogP contribution in [0.2, 0.25) is 0 Å². The summed E-state index contributed by atoms with van der Waals surface area (Å²) in [4.78, 5) is 24.9. The summed E-state index contributed by atoms with van der Waals surface area (Å²) in [5.74, 6) is -2.39. The molecular weight excluding hydrogens is 370 g/mol. The second-order valence-electron chi connectivity index (χ2n) is 6.58. The van der Waals surface area contributed by atoms with E-state index in [0.717, 1.165) is 11.1 Å². The van der Waals surface area contributed by atoms with Gasteiger partial charge in [0, 0.05) is 11.3 Å². The number of benzene rings is 3. The van der Waals surface area contributed by atoms with Crippen LogP contribution in [0, 0.1) is 6.92 Å². The highest BCUT2D eigenvalue weighted by molar-refractivity contribution is 6.00. The Morgan fingerprint density at radius 3 is 2.28 bits per heavy atom. The van der Waals surface area contributed by atoms with Crippen LogP contribution in [0.5, 0.6) is 11.5 Å². The number of phenolic OH excluding ortho intramolecular Hbond substituents is 2. The van der Waals surface area contributed by atoms with E-state index in [-0.39, 0.29) is 5.56 Å². The molecule has 0 aliphatic heterocycles. The molecule has 6 nitrogen and oxygen atoms in total. The van der Waals surface area contributed by atoms with Crippen LogP contribution in [0.1, 0.15) is 22.8 Å². The smallest absolute Gasteiger partial charge is 0.342 e. The minimum atomic E-state index is -1.12. The van der Waals surface area contributed by atoms with Crippen molar-refractivity contribution in [1.29, 1.82) is 0 Å². The predicted molar refractivity (Wildman–Crippen MR) is 110 cm³/mol. The molecule has 0 spiro atoms. The number of esters is 1. The van der Waals surface area contributed by atoms with Gasteiger partial charge in [-0.25, -0.2) is 4.79 Å². The van der Waals surface area contributed by atoms with Gasteiger partial charge in [0.2, 0.25) is 0 Å². The molecule has 3 aromatic carbocycles. The Morgan fingerprint density at radius 1 is 0.897 bits per heavy atom. The number of anilines is 1. The quantitative estimate of drug-likeness (QED) is 0.446. The third-order valence-electron chi connectivity index (χ3n) is 4.50. The van der Waals surface area contributed by atoms with Gasteiger partial charge in [-0.1, -0.05) is 54.6 Å². The zero-order valence-corrected chi connectivity index (χ0v) is 16.0. The maximum Gasteiger partial charge on any atom is 0.342 e. The van der Waals surface area contributed by atoms with Crippen molar-refractivity contribution in [1.82, 2.24) is 0 Å². The molecule has 0 saturated heterocycles. The van der Waals surface area contributed by atoms with Gasteiger partial charge in [0.15, 0.2) is 17.6 Å². The molecule has 0 aromatic heterocycles. The molecule has 29 heavy (non-hydrogen) atoms. The number of rotatable bonds is 5. The summed E-state index contributed by atoms with van der Waals surface area (Å²) < 4.78 is 5.17. The average Bonchev–Trinajstić information content (AvgIpc) is 2.73. The largest absolute Gasteiger partial charge is 0.504 e. The summed E-state index contributed by atoms with van der Waals surface area (Å²) in [7, 11) is 0. The molecule has 1 unspecified atom stereocenters. The molecule has 3 N–H and O–H groups in total. The molecule has 0 aliphatic carbocycles. The van der Waals surface area contributed by atoms with Crippen molar-refractivity contribution < 1.29 is 24.5 Å². The highest BCUT2D eigenvalue weighted by Crippen LogP contribution is 2.33. The molecule has 0 fully saturated rings. The standard InChI is InChI=1S/C23H21NO5/c1-14-12-13-18(21(26)20(14)25)23(28)29-15(2)22(27)24-19-11-7-6-10-17(19)16-8-4-3-5-9-16/h3-13,15,25-26H,1-2H3,(H,24,27). The molecule has 6 heteroatoms. The van der Waals surface area contributed by atoms with Gasteiger partial charge in [-0.15, -0.1) is 0 Å². The lowest BCUT2D eigenvalue weighted by atomic mass is 10.0. The van der Waals surface area contributed by atoms with Gasteiger partial charge in [0.05, 0.1) is 0 Å². The molecule has 1 amide bonds. The minimum absolute atomic E-state index is 0.211. The molecule has 1 atom stereocenters. The lowest BCUT2D eigenvalue weighted by Gasteiger charge is -2.16. The number of aromatic hydroxyl groups is 2. The molecule has 0 bridgehead atoms. The second-order valence-corrected chi connectivity index (χ2v) is 6.58. The van der Waals surface area contributed by atoms with E-state index in [1.165, 1.54) is 19.1 Å². The van der Waals surface area contributed by atoms with Gasteiger partial charge in [-0.3, -0.25) is 4.79 Å². The number of carbonyl (C=O) groups is 2. The minimum Gasteiger partial charge on any atom is -0.504 e. The molecular formula is C23H21NO5. The first-order chi connectivity index (χ1) is 13.9. The van der Waals surface area contributed by atoms with E-state index < -0.39 is 29.5 Å². The maximum atomic E-state index is 12.6. The first kappa shape index (κ1) is 19.9. The zero-order chi connectivity index (χ0) is 21.0. The van der Waals surface area contributed by atoms with Crippen molar-refractivity contribution >= 4 is 17.6 Å². The van der Waals surface area contributed by atoms with Gasteiger partial charge in [-0.2, -0.15) is 0 Å². The van der Waals surface area contributed by atoms with Gasteiger partial charge >= 0.3 is 5.97 Å². The third kappa shape index (κ3) is 4.38. The molecule has 148 valence electrons. The van der Waals surface area contributed by atoms with E-state index in [1.807, 2.05) is 42.5 Å². The van der Waals surface area contributed by atoms with Gasteiger partial charge < -0.3 is 20.3 Å². The van der Waals surface area contributed by atoms with Crippen molar-refractivity contribution in [2.75, 3.05) is 5.32 Å². The van der Waals surface area contributed by atoms with Crippen molar-refractivity contribution in [3.63, 3.8) is 0 Å². The van der Waals surface area contributed by atoms with Crippen molar-refractivity contribution in [3.8, 4) is 22.6 Å². The van der Waals surface area contributed by atoms with Gasteiger partial charge in [0.1, 0.15) is 5.56 Å². The fourth-order valence-electron chi connectivity index (χ4n) is 2.82. The highest BCUT2D eigenvalue weighted by Gasteiger charge is 2.23. The summed E-state index contributed by atoms with van der Waals surface area (Å²) in [6.07, 6.45) is -1.12. The second kappa shape index (κ2) is 8.48. The Bertz CT molecular complexity index is 1050. The normalized spacial score (nSPS) is 11.5. The number of phenols is 2. The lowest BCUT2D eigenvalue weighted by Crippen LogP contribution is -2.30. The first-order valence-electron chi connectivity index (χ1n) is 9.06. The summed E-state index contributed by atoms with van der Waals surface area (Å²) in [6, 6.07) is 19.7. The number of nitrogens with one attached hydrogen (secondary N) is 1. The maximum absolute atomic E-state index is 12.6. The van der Waals surface area contributed by atoms with E-state index in [4.69, 9.17) is 4.74 Å². The number of ether oxygens (including phenoxy) is 1. The van der Waals surface area contributed by atoms with E-state index in [1.54, 1.807) is 19.1 Å². The summed E-state index contributed by atoms with van der Waals surface area (Å²) in [5.41, 5.74) is 2.57. The third-order valence-corrected chi connectivity index (χ3v) is 4.50. The topological polar surface area (TPSA) is 95.9 Å². The monoisotopic (exact) mass is 391 g/mol. The number of carbonyl (C=O) groups excluding carboxylic acids is 2. The van der Waals surface area contributed by atoms with Gasteiger partial charge in [-0.05, 0) is 37.1 Å². The van der Waals surface area contributed by atoms with E-state index in [9.17, 15) is 19.8 Å². The van der Waals surface area contributed by atoms with Crippen LogP contribution in [-0.2, 0) is 9.53 Å². The average molecular weight is 391 g/mol. The molecule has 0 heterocycles. The van der Waals surface area contributed by atoms with Crippen LogP contribution in [0.25, 0.3) is 11.1 Å². The predicted octanol–water partition coefficient (Wildman–Crippen LogP) is 4.26. The number of para-hydroxylation sites is 1. The first-order valence-corrected chi connectivity index (χ1v) is 9.06. The lowest BCUT2D eigenvalue weighted by molar-refractivity contribution is -0.123. The van der Waals surface area contributed by atoms with Crippen molar-refractivity contribution in [2.45, 2.75) is 20.0 Å². The van der Waals surface area contributed by atoms with Crippen molar-refractivity contribution in [3.05, 3.63) is 77.9 Å². The van der Waals surface area contributed by atoms with E-state index in [2.05, 4.69) is 5.32 Å². The molecule has 0 saturated carbocycles.